The van der Waals surface area contributed by atoms with Gasteiger partial charge in [-0.2, -0.15) is 0 Å². The molecule has 2 rings (SSSR count). The zero-order valence-corrected chi connectivity index (χ0v) is 15.0. The molecule has 0 heterocycles. The quantitative estimate of drug-likeness (QED) is 0.496. The lowest BCUT2D eigenvalue weighted by molar-refractivity contribution is 0.383. The molecule has 0 unspecified atom stereocenters. The minimum atomic E-state index is -0.587. The van der Waals surface area contributed by atoms with Crippen molar-refractivity contribution in [3.63, 3.8) is 0 Å². The fraction of sp³-hybridized carbons (Fsp3) is 0.524. The fourth-order valence-corrected chi connectivity index (χ4v) is 3.68. The van der Waals surface area contributed by atoms with Crippen LogP contribution in [0, 0.1) is 11.7 Å². The molecule has 0 spiro atoms. The largest absolute Gasteiger partial charge is 0.507 e. The van der Waals surface area contributed by atoms with Crippen LogP contribution in [0.15, 0.2) is 29.9 Å². The van der Waals surface area contributed by atoms with Crippen LogP contribution in [-0.4, -0.2) is 10.2 Å². The van der Waals surface area contributed by atoms with E-state index in [2.05, 4.69) is 13.5 Å². The fourth-order valence-electron chi connectivity index (χ4n) is 3.68. The summed E-state index contributed by atoms with van der Waals surface area (Å²) in [6, 6.07) is 1.49. The van der Waals surface area contributed by atoms with Gasteiger partial charge in [0.15, 0.2) is 11.6 Å². The third-order valence-corrected chi connectivity index (χ3v) is 5.10. The third-order valence-electron chi connectivity index (χ3n) is 5.10. The van der Waals surface area contributed by atoms with Crippen molar-refractivity contribution in [2.45, 2.75) is 65.2 Å². The average molecular weight is 332 g/mol. The summed E-state index contributed by atoms with van der Waals surface area (Å²) >= 11 is 0. The summed E-state index contributed by atoms with van der Waals surface area (Å²) in [6.45, 7) is 10.1. The number of rotatable bonds is 6. The van der Waals surface area contributed by atoms with Crippen LogP contribution in [0.1, 0.15) is 69.9 Å². The topological polar surface area (TPSA) is 40.5 Å². The van der Waals surface area contributed by atoms with Gasteiger partial charge in [-0.15, -0.1) is 0 Å². The van der Waals surface area contributed by atoms with E-state index in [1.807, 2.05) is 19.9 Å². The number of phenols is 2. The van der Waals surface area contributed by atoms with Gasteiger partial charge in [-0.05, 0) is 57.1 Å². The van der Waals surface area contributed by atoms with Gasteiger partial charge in [0.2, 0.25) is 0 Å². The van der Waals surface area contributed by atoms with Crippen molar-refractivity contribution in [2.24, 2.45) is 5.92 Å². The Morgan fingerprint density at radius 2 is 2.04 bits per heavy atom. The summed E-state index contributed by atoms with van der Waals surface area (Å²) in [7, 11) is 0. The van der Waals surface area contributed by atoms with E-state index in [-0.39, 0.29) is 17.6 Å². The number of halogens is 1. The summed E-state index contributed by atoms with van der Waals surface area (Å²) in [5.74, 6) is -1.12. The van der Waals surface area contributed by atoms with Crippen molar-refractivity contribution in [1.82, 2.24) is 0 Å². The van der Waals surface area contributed by atoms with Crippen LogP contribution in [0.2, 0.25) is 0 Å². The van der Waals surface area contributed by atoms with E-state index >= 15 is 0 Å². The van der Waals surface area contributed by atoms with Crippen molar-refractivity contribution < 1.29 is 14.6 Å². The van der Waals surface area contributed by atoms with Crippen LogP contribution in [0.3, 0.4) is 0 Å². The first-order valence-electron chi connectivity index (χ1n) is 8.92. The Kier molecular flexibility index (Phi) is 6.09. The van der Waals surface area contributed by atoms with E-state index in [1.54, 1.807) is 0 Å². The number of hydrogen-bond acceptors (Lipinski definition) is 2. The molecular formula is C21H29FO2. The van der Waals surface area contributed by atoms with Gasteiger partial charge in [0.25, 0.3) is 0 Å². The molecule has 0 aliphatic heterocycles. The first-order chi connectivity index (χ1) is 11.4. The Morgan fingerprint density at radius 3 is 2.67 bits per heavy atom. The number of phenolic OH excluding ortho intramolecular Hbond substituents is 2. The van der Waals surface area contributed by atoms with Gasteiger partial charge in [0.1, 0.15) is 5.75 Å². The van der Waals surface area contributed by atoms with Crippen LogP contribution in [0.4, 0.5) is 4.39 Å². The standard InChI is InChI=1S/C21H29FO2/c1-5-6-7-8-15-12-18(23)19(21(24)20(15)22)17-11-14(4)9-10-16(17)13(2)3/h11-12,16-17,23-24H,2,5-10H2,1,3-4H3/t16-,17+/m0/s1. The molecule has 2 atom stereocenters. The zero-order chi connectivity index (χ0) is 17.9. The first kappa shape index (κ1) is 18.6. The molecule has 1 aliphatic rings. The van der Waals surface area contributed by atoms with E-state index in [0.29, 0.717) is 17.5 Å². The van der Waals surface area contributed by atoms with Crippen LogP contribution in [0.5, 0.6) is 11.5 Å². The van der Waals surface area contributed by atoms with Gasteiger partial charge in [0, 0.05) is 11.5 Å². The summed E-state index contributed by atoms with van der Waals surface area (Å²) in [5.41, 5.74) is 2.89. The lowest BCUT2D eigenvalue weighted by Gasteiger charge is -2.31. The maximum atomic E-state index is 14.6. The van der Waals surface area contributed by atoms with E-state index in [0.717, 1.165) is 37.7 Å². The molecule has 0 radical (unpaired) electrons. The number of hydrogen-bond donors (Lipinski definition) is 2. The molecule has 3 heteroatoms. The van der Waals surface area contributed by atoms with Crippen LogP contribution >= 0.6 is 0 Å². The normalized spacial score (nSPS) is 20.8. The predicted octanol–water partition coefficient (Wildman–Crippen LogP) is 5.99. The van der Waals surface area contributed by atoms with E-state index in [4.69, 9.17) is 0 Å². The summed E-state index contributed by atoms with van der Waals surface area (Å²) < 4.78 is 14.6. The Labute approximate surface area is 144 Å². The molecule has 2 nitrogen and oxygen atoms in total. The van der Waals surface area contributed by atoms with Crippen LogP contribution < -0.4 is 0 Å². The number of aryl methyl sites for hydroxylation is 1. The van der Waals surface area contributed by atoms with Gasteiger partial charge in [-0.3, -0.25) is 0 Å². The van der Waals surface area contributed by atoms with E-state index < -0.39 is 11.6 Å². The minimum Gasteiger partial charge on any atom is -0.507 e. The monoisotopic (exact) mass is 332 g/mol. The smallest absolute Gasteiger partial charge is 0.168 e. The number of allylic oxidation sites excluding steroid dienone is 3. The molecule has 1 aromatic rings. The highest BCUT2D eigenvalue weighted by Crippen LogP contribution is 2.47. The van der Waals surface area contributed by atoms with Crippen LogP contribution in [-0.2, 0) is 6.42 Å². The highest BCUT2D eigenvalue weighted by Gasteiger charge is 2.31. The third kappa shape index (κ3) is 3.82. The Balaban J connectivity index is 2.44. The first-order valence-corrected chi connectivity index (χ1v) is 8.92. The molecule has 0 saturated carbocycles. The molecule has 0 amide bonds. The highest BCUT2D eigenvalue weighted by atomic mass is 19.1. The second kappa shape index (κ2) is 7.87. The van der Waals surface area contributed by atoms with Crippen LogP contribution in [0.25, 0.3) is 0 Å². The molecule has 132 valence electrons. The van der Waals surface area contributed by atoms with Gasteiger partial charge in [-0.1, -0.05) is 43.6 Å². The molecule has 0 aromatic heterocycles. The van der Waals surface area contributed by atoms with Crippen molar-refractivity contribution in [1.29, 1.82) is 0 Å². The Morgan fingerprint density at radius 1 is 1.33 bits per heavy atom. The molecule has 1 aromatic carbocycles. The second-order valence-corrected chi connectivity index (χ2v) is 7.12. The van der Waals surface area contributed by atoms with E-state index in [9.17, 15) is 14.6 Å². The zero-order valence-electron chi connectivity index (χ0n) is 15.0. The maximum absolute atomic E-state index is 14.6. The Bertz CT molecular complexity index is 646. The molecule has 0 saturated heterocycles. The number of unbranched alkanes of at least 4 members (excludes halogenated alkanes) is 2. The number of benzene rings is 1. The second-order valence-electron chi connectivity index (χ2n) is 7.12. The van der Waals surface area contributed by atoms with Crippen molar-refractivity contribution >= 4 is 0 Å². The van der Waals surface area contributed by atoms with Crippen molar-refractivity contribution in [3.8, 4) is 11.5 Å². The predicted molar refractivity (Wildman–Crippen MR) is 97.0 cm³/mol. The molecular weight excluding hydrogens is 303 g/mol. The molecule has 1 aliphatic carbocycles. The summed E-state index contributed by atoms with van der Waals surface area (Å²) in [5, 5.41) is 21.0. The van der Waals surface area contributed by atoms with Gasteiger partial charge in [-0.25, -0.2) is 4.39 Å². The SMILES string of the molecule is C=C(C)[C@@H]1CCC(C)=C[C@H]1c1c(O)cc(CCCCC)c(F)c1O. The molecule has 0 bridgehead atoms. The van der Waals surface area contributed by atoms with Crippen molar-refractivity contribution in [2.75, 3.05) is 0 Å². The number of aromatic hydroxyl groups is 2. The van der Waals surface area contributed by atoms with Gasteiger partial charge in [0.05, 0.1) is 0 Å². The molecule has 2 N–H and O–H groups in total. The molecule has 24 heavy (non-hydrogen) atoms. The van der Waals surface area contributed by atoms with E-state index in [1.165, 1.54) is 11.6 Å². The van der Waals surface area contributed by atoms with Crippen molar-refractivity contribution in [3.05, 3.63) is 46.8 Å². The minimum absolute atomic E-state index is 0.0115. The van der Waals surface area contributed by atoms with Gasteiger partial charge >= 0.3 is 0 Å². The summed E-state index contributed by atoms with van der Waals surface area (Å²) in [6.07, 6.45) is 7.34. The van der Waals surface area contributed by atoms with Gasteiger partial charge < -0.3 is 10.2 Å². The highest BCUT2D eigenvalue weighted by molar-refractivity contribution is 5.52. The molecule has 0 fully saturated rings. The lowest BCUT2D eigenvalue weighted by Crippen LogP contribution is -2.17. The lowest BCUT2D eigenvalue weighted by atomic mass is 9.73. The Hall–Kier alpha value is -1.77. The summed E-state index contributed by atoms with van der Waals surface area (Å²) in [4.78, 5) is 0. The average Bonchev–Trinajstić information content (AvgIpc) is 2.52. The maximum Gasteiger partial charge on any atom is 0.168 e.